The number of benzene rings is 1. The van der Waals surface area contributed by atoms with Gasteiger partial charge in [-0.2, -0.15) is 5.26 Å². The molecule has 0 fully saturated rings. The van der Waals surface area contributed by atoms with E-state index in [0.29, 0.717) is 0 Å². The average Bonchev–Trinajstić information content (AvgIpc) is 2.47. The van der Waals surface area contributed by atoms with Crippen LogP contribution in [0.1, 0.15) is 37.6 Å². The van der Waals surface area contributed by atoms with E-state index < -0.39 is 5.97 Å². The molecule has 0 saturated heterocycles. The Hall–Kier alpha value is -2.74. The molecule has 0 saturated carbocycles. The number of hydrogen-bond donors (Lipinski definition) is 0. The SMILES string of the molecule is CC(C)(C)c1ccc(CC(=O)Oc2ccc(C#N)nn2)cc1. The Bertz CT molecular complexity index is 693. The summed E-state index contributed by atoms with van der Waals surface area (Å²) in [7, 11) is 0. The fourth-order valence-electron chi connectivity index (χ4n) is 1.88. The van der Waals surface area contributed by atoms with Gasteiger partial charge in [-0.3, -0.25) is 4.79 Å². The minimum Gasteiger partial charge on any atom is -0.406 e. The molecule has 2 aromatic rings. The van der Waals surface area contributed by atoms with E-state index in [1.807, 2.05) is 30.3 Å². The lowest BCUT2D eigenvalue weighted by atomic mass is 9.86. The molecule has 0 aliphatic rings. The van der Waals surface area contributed by atoms with Gasteiger partial charge in [0, 0.05) is 6.07 Å². The van der Waals surface area contributed by atoms with Crippen LogP contribution in [0.5, 0.6) is 5.88 Å². The molecule has 0 atom stereocenters. The Labute approximate surface area is 129 Å². The highest BCUT2D eigenvalue weighted by molar-refractivity contribution is 5.74. The topological polar surface area (TPSA) is 75.9 Å². The molecule has 2 rings (SSSR count). The Balaban J connectivity index is 1.98. The van der Waals surface area contributed by atoms with Gasteiger partial charge in [0.15, 0.2) is 5.69 Å². The molecule has 1 aromatic carbocycles. The van der Waals surface area contributed by atoms with Gasteiger partial charge in [0.05, 0.1) is 6.42 Å². The fourth-order valence-corrected chi connectivity index (χ4v) is 1.88. The fraction of sp³-hybridized carbons (Fsp3) is 0.294. The van der Waals surface area contributed by atoms with Crippen LogP contribution in [0.2, 0.25) is 0 Å². The highest BCUT2D eigenvalue weighted by atomic mass is 16.5. The molecule has 5 nitrogen and oxygen atoms in total. The largest absolute Gasteiger partial charge is 0.406 e. The van der Waals surface area contributed by atoms with Crippen molar-refractivity contribution in [2.75, 3.05) is 0 Å². The summed E-state index contributed by atoms with van der Waals surface area (Å²) in [6, 6.07) is 12.6. The number of ether oxygens (including phenoxy) is 1. The van der Waals surface area contributed by atoms with Crippen LogP contribution in [-0.2, 0) is 16.6 Å². The molecular formula is C17H17N3O2. The molecule has 0 N–H and O–H groups in total. The average molecular weight is 295 g/mol. The van der Waals surface area contributed by atoms with Crippen LogP contribution < -0.4 is 4.74 Å². The van der Waals surface area contributed by atoms with Gasteiger partial charge in [0.1, 0.15) is 6.07 Å². The number of esters is 1. The van der Waals surface area contributed by atoms with Crippen molar-refractivity contribution >= 4 is 5.97 Å². The van der Waals surface area contributed by atoms with Crippen LogP contribution >= 0.6 is 0 Å². The molecule has 1 aromatic heterocycles. The predicted octanol–water partition coefficient (Wildman–Crippen LogP) is 2.79. The van der Waals surface area contributed by atoms with Crippen LogP contribution in [0.3, 0.4) is 0 Å². The smallest absolute Gasteiger partial charge is 0.317 e. The maximum atomic E-state index is 11.9. The Morgan fingerprint density at radius 2 is 1.82 bits per heavy atom. The molecule has 0 aliphatic carbocycles. The first-order valence-electron chi connectivity index (χ1n) is 6.92. The van der Waals surface area contributed by atoms with Gasteiger partial charge in [-0.15, -0.1) is 10.2 Å². The number of rotatable bonds is 3. The predicted molar refractivity (Wildman–Crippen MR) is 81.2 cm³/mol. The molecule has 0 radical (unpaired) electrons. The molecule has 5 heteroatoms. The summed E-state index contributed by atoms with van der Waals surface area (Å²) in [6.07, 6.45) is 0.159. The second kappa shape index (κ2) is 6.35. The first-order chi connectivity index (χ1) is 10.4. The van der Waals surface area contributed by atoms with Crippen molar-refractivity contribution in [1.29, 1.82) is 5.26 Å². The lowest BCUT2D eigenvalue weighted by molar-refractivity contribution is -0.133. The van der Waals surface area contributed by atoms with E-state index in [4.69, 9.17) is 10.00 Å². The Morgan fingerprint density at radius 3 is 2.32 bits per heavy atom. The highest BCUT2D eigenvalue weighted by Crippen LogP contribution is 2.22. The van der Waals surface area contributed by atoms with Gasteiger partial charge < -0.3 is 4.74 Å². The molecule has 0 unspecified atom stereocenters. The molecule has 22 heavy (non-hydrogen) atoms. The minimum absolute atomic E-state index is 0.0805. The summed E-state index contributed by atoms with van der Waals surface area (Å²) in [6.45, 7) is 6.42. The second-order valence-corrected chi connectivity index (χ2v) is 5.97. The molecule has 0 spiro atoms. The second-order valence-electron chi connectivity index (χ2n) is 5.97. The van der Waals surface area contributed by atoms with Gasteiger partial charge in [-0.05, 0) is 22.6 Å². The van der Waals surface area contributed by atoms with Crippen LogP contribution in [0.4, 0.5) is 0 Å². The summed E-state index contributed by atoms with van der Waals surface area (Å²) < 4.78 is 5.09. The van der Waals surface area contributed by atoms with E-state index >= 15 is 0 Å². The summed E-state index contributed by atoms with van der Waals surface area (Å²) in [5, 5.41) is 15.9. The number of carbonyl (C=O) groups excluding carboxylic acids is 1. The standard InChI is InChI=1S/C17H17N3O2/c1-17(2,3)13-6-4-12(5-7-13)10-16(21)22-15-9-8-14(11-18)19-20-15/h4-9H,10H2,1-3H3. The van der Waals surface area contributed by atoms with E-state index in [1.54, 1.807) is 0 Å². The van der Waals surface area contributed by atoms with Crippen LogP contribution in [0.15, 0.2) is 36.4 Å². The van der Waals surface area contributed by atoms with Crippen LogP contribution in [0.25, 0.3) is 0 Å². The third-order valence-electron chi connectivity index (χ3n) is 3.14. The summed E-state index contributed by atoms with van der Waals surface area (Å²) in [4.78, 5) is 11.9. The lowest BCUT2D eigenvalue weighted by Crippen LogP contribution is -2.14. The normalized spacial score (nSPS) is 10.8. The molecule has 112 valence electrons. The number of aromatic nitrogens is 2. The zero-order valence-corrected chi connectivity index (χ0v) is 12.8. The van der Waals surface area contributed by atoms with Gasteiger partial charge in [0.25, 0.3) is 0 Å². The molecule has 0 aliphatic heterocycles. The first-order valence-corrected chi connectivity index (χ1v) is 6.92. The van der Waals surface area contributed by atoms with Crippen molar-refractivity contribution in [1.82, 2.24) is 10.2 Å². The Kier molecular flexibility index (Phi) is 4.52. The summed E-state index contributed by atoms with van der Waals surface area (Å²) >= 11 is 0. The van der Waals surface area contributed by atoms with E-state index in [1.165, 1.54) is 17.7 Å². The highest BCUT2D eigenvalue weighted by Gasteiger charge is 2.14. The van der Waals surface area contributed by atoms with E-state index in [9.17, 15) is 4.79 Å². The van der Waals surface area contributed by atoms with Crippen molar-refractivity contribution in [3.05, 3.63) is 53.2 Å². The first kappa shape index (κ1) is 15.6. The Morgan fingerprint density at radius 1 is 1.14 bits per heavy atom. The van der Waals surface area contributed by atoms with Crippen molar-refractivity contribution in [3.63, 3.8) is 0 Å². The zero-order valence-electron chi connectivity index (χ0n) is 12.8. The van der Waals surface area contributed by atoms with Gasteiger partial charge in [0.2, 0.25) is 5.88 Å². The molecule has 1 heterocycles. The third-order valence-corrected chi connectivity index (χ3v) is 3.14. The van der Waals surface area contributed by atoms with E-state index in [0.717, 1.165) is 5.56 Å². The minimum atomic E-state index is -0.414. The monoisotopic (exact) mass is 295 g/mol. The maximum absolute atomic E-state index is 11.9. The van der Waals surface area contributed by atoms with Gasteiger partial charge in [-0.1, -0.05) is 45.0 Å². The quantitative estimate of drug-likeness (QED) is 0.814. The number of carbonyl (C=O) groups is 1. The molecule has 0 amide bonds. The van der Waals surface area contributed by atoms with E-state index in [-0.39, 0.29) is 23.4 Å². The maximum Gasteiger partial charge on any atom is 0.317 e. The number of nitrogens with zero attached hydrogens (tertiary/aromatic N) is 3. The summed E-state index contributed by atoms with van der Waals surface area (Å²) in [5.41, 5.74) is 2.34. The third kappa shape index (κ3) is 4.13. The molecular weight excluding hydrogens is 278 g/mol. The zero-order chi connectivity index (χ0) is 16.2. The van der Waals surface area contributed by atoms with Gasteiger partial charge in [-0.25, -0.2) is 0 Å². The van der Waals surface area contributed by atoms with Crippen LogP contribution in [0, 0.1) is 11.3 Å². The molecule has 0 bridgehead atoms. The number of hydrogen-bond acceptors (Lipinski definition) is 5. The van der Waals surface area contributed by atoms with Crippen molar-refractivity contribution in [2.45, 2.75) is 32.6 Å². The number of nitriles is 1. The van der Waals surface area contributed by atoms with Crippen LogP contribution in [-0.4, -0.2) is 16.2 Å². The van der Waals surface area contributed by atoms with Crippen molar-refractivity contribution in [2.24, 2.45) is 0 Å². The summed E-state index contributed by atoms with van der Waals surface area (Å²) in [5.74, 6) is -0.321. The lowest BCUT2D eigenvalue weighted by Gasteiger charge is -2.19. The van der Waals surface area contributed by atoms with E-state index in [2.05, 4.69) is 31.0 Å². The van der Waals surface area contributed by atoms with Crippen molar-refractivity contribution < 1.29 is 9.53 Å². The van der Waals surface area contributed by atoms with Crippen molar-refractivity contribution in [3.8, 4) is 11.9 Å². The van der Waals surface area contributed by atoms with Gasteiger partial charge >= 0.3 is 5.97 Å².